The van der Waals surface area contributed by atoms with Crippen LogP contribution in [0.15, 0.2) is 47.8 Å². The van der Waals surface area contributed by atoms with Crippen LogP contribution in [0, 0.1) is 0 Å². The monoisotopic (exact) mass is 410 g/mol. The summed E-state index contributed by atoms with van der Waals surface area (Å²) in [5.41, 5.74) is 2.43. The van der Waals surface area contributed by atoms with Gasteiger partial charge < -0.3 is 19.5 Å². The van der Waals surface area contributed by atoms with Crippen molar-refractivity contribution in [2.45, 2.75) is 19.8 Å². The molecule has 0 saturated heterocycles. The van der Waals surface area contributed by atoms with Gasteiger partial charge in [-0.2, -0.15) is 0 Å². The van der Waals surface area contributed by atoms with Crippen LogP contribution in [-0.4, -0.2) is 30.7 Å². The standard InChI is InChI=1S/C22H22N2O4S/c1-2-26-18-7-4-15(5-8-18)22-24-17(14-29-22)13-21(25)23-16-6-9-19-20(12-16)28-11-3-10-27-19/h4-9,12,14H,2-3,10-11,13H2,1H3,(H,23,25). The van der Waals surface area contributed by atoms with Crippen LogP contribution in [0.4, 0.5) is 5.69 Å². The summed E-state index contributed by atoms with van der Waals surface area (Å²) in [4.78, 5) is 17.0. The van der Waals surface area contributed by atoms with Crippen molar-refractivity contribution in [3.05, 3.63) is 53.5 Å². The van der Waals surface area contributed by atoms with Gasteiger partial charge in [-0.3, -0.25) is 4.79 Å². The lowest BCUT2D eigenvalue weighted by Crippen LogP contribution is -2.14. The minimum absolute atomic E-state index is 0.122. The topological polar surface area (TPSA) is 69.7 Å². The molecule has 0 aliphatic carbocycles. The number of nitrogens with one attached hydrogen (secondary N) is 1. The fraction of sp³-hybridized carbons (Fsp3) is 0.273. The predicted octanol–water partition coefficient (Wildman–Crippen LogP) is 4.55. The fourth-order valence-corrected chi connectivity index (χ4v) is 3.82. The zero-order valence-electron chi connectivity index (χ0n) is 16.1. The first-order chi connectivity index (χ1) is 14.2. The number of ether oxygens (including phenoxy) is 3. The molecule has 29 heavy (non-hydrogen) atoms. The second-order valence-corrected chi connectivity index (χ2v) is 7.40. The summed E-state index contributed by atoms with van der Waals surface area (Å²) < 4.78 is 16.8. The normalized spacial score (nSPS) is 12.9. The van der Waals surface area contributed by atoms with Crippen molar-refractivity contribution in [2.75, 3.05) is 25.1 Å². The van der Waals surface area contributed by atoms with Crippen molar-refractivity contribution in [2.24, 2.45) is 0 Å². The van der Waals surface area contributed by atoms with Gasteiger partial charge in [-0.25, -0.2) is 4.98 Å². The van der Waals surface area contributed by atoms with E-state index in [1.54, 1.807) is 6.07 Å². The highest BCUT2D eigenvalue weighted by Crippen LogP contribution is 2.32. The number of fused-ring (bicyclic) bond motifs is 1. The molecule has 1 aromatic heterocycles. The molecule has 3 aromatic rings. The van der Waals surface area contributed by atoms with Gasteiger partial charge in [0, 0.05) is 29.1 Å². The molecule has 6 nitrogen and oxygen atoms in total. The van der Waals surface area contributed by atoms with Crippen LogP contribution in [0.3, 0.4) is 0 Å². The highest BCUT2D eigenvalue weighted by atomic mass is 32.1. The van der Waals surface area contributed by atoms with E-state index in [-0.39, 0.29) is 12.3 Å². The summed E-state index contributed by atoms with van der Waals surface area (Å²) in [7, 11) is 0. The summed E-state index contributed by atoms with van der Waals surface area (Å²) in [5.74, 6) is 2.08. The van der Waals surface area contributed by atoms with Crippen LogP contribution < -0.4 is 19.5 Å². The third kappa shape index (κ3) is 4.86. The molecule has 0 bridgehead atoms. The molecule has 2 heterocycles. The number of amides is 1. The maximum atomic E-state index is 12.4. The number of carbonyl (C=O) groups excluding carboxylic acids is 1. The summed E-state index contributed by atoms with van der Waals surface area (Å²) in [5, 5.41) is 5.70. The van der Waals surface area contributed by atoms with Gasteiger partial charge >= 0.3 is 0 Å². The molecule has 1 amide bonds. The van der Waals surface area contributed by atoms with Gasteiger partial charge in [-0.1, -0.05) is 0 Å². The highest BCUT2D eigenvalue weighted by molar-refractivity contribution is 7.13. The maximum Gasteiger partial charge on any atom is 0.230 e. The largest absolute Gasteiger partial charge is 0.494 e. The Bertz CT molecular complexity index is 985. The molecule has 7 heteroatoms. The van der Waals surface area contributed by atoms with E-state index in [0.29, 0.717) is 37.0 Å². The molecule has 1 aliphatic rings. The van der Waals surface area contributed by atoms with E-state index >= 15 is 0 Å². The van der Waals surface area contributed by atoms with E-state index in [1.807, 2.05) is 48.7 Å². The summed E-state index contributed by atoms with van der Waals surface area (Å²) in [6.07, 6.45) is 1.05. The van der Waals surface area contributed by atoms with Gasteiger partial charge in [-0.15, -0.1) is 11.3 Å². The zero-order valence-corrected chi connectivity index (χ0v) is 17.0. The van der Waals surface area contributed by atoms with Crippen LogP contribution >= 0.6 is 11.3 Å². The number of benzene rings is 2. The van der Waals surface area contributed by atoms with E-state index in [1.165, 1.54) is 11.3 Å². The van der Waals surface area contributed by atoms with Gasteiger partial charge in [0.2, 0.25) is 5.91 Å². The summed E-state index contributed by atoms with van der Waals surface area (Å²) in [6.45, 7) is 3.84. The van der Waals surface area contributed by atoms with Gasteiger partial charge in [0.05, 0.1) is 31.9 Å². The van der Waals surface area contributed by atoms with Crippen LogP contribution in [0.1, 0.15) is 19.0 Å². The quantitative estimate of drug-likeness (QED) is 0.646. The number of carbonyl (C=O) groups is 1. The molecule has 150 valence electrons. The predicted molar refractivity (Wildman–Crippen MR) is 113 cm³/mol. The van der Waals surface area contributed by atoms with E-state index in [0.717, 1.165) is 28.4 Å². The van der Waals surface area contributed by atoms with Crippen molar-refractivity contribution in [3.8, 4) is 27.8 Å². The highest BCUT2D eigenvalue weighted by Gasteiger charge is 2.13. The first kappa shape index (κ1) is 19.3. The minimum atomic E-state index is -0.122. The molecule has 4 rings (SSSR count). The number of hydrogen-bond acceptors (Lipinski definition) is 6. The van der Waals surface area contributed by atoms with E-state index in [2.05, 4.69) is 10.3 Å². The fourth-order valence-electron chi connectivity index (χ4n) is 2.99. The number of thiazole rings is 1. The molecule has 2 aromatic carbocycles. The van der Waals surface area contributed by atoms with Crippen LogP contribution in [0.2, 0.25) is 0 Å². The molecule has 0 spiro atoms. The van der Waals surface area contributed by atoms with Crippen molar-refractivity contribution >= 4 is 22.9 Å². The van der Waals surface area contributed by atoms with Crippen LogP contribution in [0.25, 0.3) is 10.6 Å². The Kier molecular flexibility index (Phi) is 5.95. The number of anilines is 1. The Morgan fingerprint density at radius 1 is 1.14 bits per heavy atom. The Balaban J connectivity index is 1.38. The maximum absolute atomic E-state index is 12.4. The molecule has 0 radical (unpaired) electrons. The Morgan fingerprint density at radius 3 is 2.72 bits per heavy atom. The Morgan fingerprint density at radius 2 is 1.93 bits per heavy atom. The van der Waals surface area contributed by atoms with Crippen molar-refractivity contribution in [1.82, 2.24) is 4.98 Å². The van der Waals surface area contributed by atoms with E-state index in [9.17, 15) is 4.79 Å². The molecular formula is C22H22N2O4S. The zero-order chi connectivity index (χ0) is 20.1. The molecule has 0 fully saturated rings. The first-order valence-electron chi connectivity index (χ1n) is 9.58. The van der Waals surface area contributed by atoms with Crippen molar-refractivity contribution < 1.29 is 19.0 Å². The lowest BCUT2D eigenvalue weighted by Gasteiger charge is -2.10. The van der Waals surface area contributed by atoms with Gasteiger partial charge in [0.25, 0.3) is 0 Å². The molecule has 0 unspecified atom stereocenters. The number of hydrogen-bond donors (Lipinski definition) is 1. The number of aromatic nitrogens is 1. The Hall–Kier alpha value is -3.06. The van der Waals surface area contributed by atoms with Gasteiger partial charge in [-0.05, 0) is 43.3 Å². The van der Waals surface area contributed by atoms with Gasteiger partial charge in [0.15, 0.2) is 11.5 Å². The van der Waals surface area contributed by atoms with E-state index in [4.69, 9.17) is 14.2 Å². The molecule has 1 N–H and O–H groups in total. The van der Waals surface area contributed by atoms with E-state index < -0.39 is 0 Å². The molecule has 0 saturated carbocycles. The van der Waals surface area contributed by atoms with Crippen molar-refractivity contribution in [3.63, 3.8) is 0 Å². The summed E-state index contributed by atoms with van der Waals surface area (Å²) in [6, 6.07) is 13.2. The second kappa shape index (κ2) is 8.96. The third-order valence-corrected chi connectivity index (χ3v) is 5.28. The van der Waals surface area contributed by atoms with Gasteiger partial charge in [0.1, 0.15) is 10.8 Å². The van der Waals surface area contributed by atoms with Crippen molar-refractivity contribution in [1.29, 1.82) is 0 Å². The second-order valence-electron chi connectivity index (χ2n) is 6.54. The van der Waals surface area contributed by atoms with Crippen LogP contribution in [0.5, 0.6) is 17.2 Å². The Labute approximate surface area is 173 Å². The van der Waals surface area contributed by atoms with Crippen LogP contribution in [-0.2, 0) is 11.2 Å². The average Bonchev–Trinajstić information content (AvgIpc) is 3.05. The average molecular weight is 410 g/mol. The first-order valence-corrected chi connectivity index (χ1v) is 10.5. The smallest absolute Gasteiger partial charge is 0.230 e. The minimum Gasteiger partial charge on any atom is -0.494 e. The molecule has 0 atom stereocenters. The number of nitrogens with zero attached hydrogens (tertiary/aromatic N) is 1. The molecular weight excluding hydrogens is 388 g/mol. The molecule has 1 aliphatic heterocycles. The SMILES string of the molecule is CCOc1ccc(-c2nc(CC(=O)Nc3ccc4c(c3)OCCCO4)cs2)cc1. The third-order valence-electron chi connectivity index (χ3n) is 4.34. The number of rotatable bonds is 6. The lowest BCUT2D eigenvalue weighted by molar-refractivity contribution is -0.115. The summed E-state index contributed by atoms with van der Waals surface area (Å²) >= 11 is 1.52. The lowest BCUT2D eigenvalue weighted by atomic mass is 10.2.